The third-order valence-electron chi connectivity index (χ3n) is 2.78. The van der Waals surface area contributed by atoms with Gasteiger partial charge in [0.05, 0.1) is 12.1 Å². The van der Waals surface area contributed by atoms with Crippen molar-refractivity contribution in [1.82, 2.24) is 4.98 Å². The van der Waals surface area contributed by atoms with E-state index < -0.39 is 0 Å². The molecule has 0 aliphatic carbocycles. The Morgan fingerprint density at radius 3 is 2.79 bits per heavy atom. The van der Waals surface area contributed by atoms with Crippen molar-refractivity contribution >= 4 is 28.9 Å². The average Bonchev–Trinajstić information content (AvgIpc) is 2.37. The highest BCUT2D eigenvalue weighted by Gasteiger charge is 2.11. The molecule has 1 amide bonds. The SMILES string of the molecule is Cc1ccnc(Cl)c1NC(=O)Cc1ccccc1N. The molecule has 3 N–H and O–H groups in total. The zero-order chi connectivity index (χ0) is 13.8. The minimum Gasteiger partial charge on any atom is -0.398 e. The minimum absolute atomic E-state index is 0.170. The van der Waals surface area contributed by atoms with Gasteiger partial charge >= 0.3 is 0 Å². The largest absolute Gasteiger partial charge is 0.398 e. The van der Waals surface area contributed by atoms with Crippen LogP contribution >= 0.6 is 11.6 Å². The van der Waals surface area contributed by atoms with Gasteiger partial charge < -0.3 is 11.1 Å². The zero-order valence-electron chi connectivity index (χ0n) is 10.5. The summed E-state index contributed by atoms with van der Waals surface area (Å²) in [5, 5.41) is 3.05. The first-order valence-corrected chi connectivity index (χ1v) is 6.20. The molecule has 0 aliphatic rings. The number of hydrogen-bond donors (Lipinski definition) is 2. The highest BCUT2D eigenvalue weighted by atomic mass is 35.5. The third-order valence-corrected chi connectivity index (χ3v) is 3.07. The first-order chi connectivity index (χ1) is 9.08. The number of aromatic nitrogens is 1. The van der Waals surface area contributed by atoms with E-state index in [2.05, 4.69) is 10.3 Å². The molecule has 0 atom stereocenters. The summed E-state index contributed by atoms with van der Waals surface area (Å²) in [5.74, 6) is -0.170. The summed E-state index contributed by atoms with van der Waals surface area (Å²) in [5.41, 5.74) is 8.61. The fraction of sp³-hybridized carbons (Fsp3) is 0.143. The molecule has 98 valence electrons. The van der Waals surface area contributed by atoms with E-state index in [1.165, 1.54) is 0 Å². The van der Waals surface area contributed by atoms with Crippen molar-refractivity contribution in [2.75, 3.05) is 11.1 Å². The van der Waals surface area contributed by atoms with Gasteiger partial charge in [0.15, 0.2) is 5.15 Å². The molecule has 0 spiro atoms. The molecular weight excluding hydrogens is 262 g/mol. The number of para-hydroxylation sites is 1. The van der Waals surface area contributed by atoms with Gasteiger partial charge in [-0.1, -0.05) is 29.8 Å². The number of benzene rings is 1. The molecule has 0 saturated heterocycles. The summed E-state index contributed by atoms with van der Waals surface area (Å²) in [4.78, 5) is 15.9. The van der Waals surface area contributed by atoms with Gasteiger partial charge in [-0.3, -0.25) is 4.79 Å². The van der Waals surface area contributed by atoms with E-state index in [0.29, 0.717) is 11.4 Å². The van der Waals surface area contributed by atoms with Gasteiger partial charge in [-0.15, -0.1) is 0 Å². The molecular formula is C14H14ClN3O. The summed E-state index contributed by atoms with van der Waals surface area (Å²) < 4.78 is 0. The fourth-order valence-electron chi connectivity index (χ4n) is 1.73. The van der Waals surface area contributed by atoms with Gasteiger partial charge in [0.1, 0.15) is 0 Å². The molecule has 1 heterocycles. The molecule has 0 aliphatic heterocycles. The predicted molar refractivity (Wildman–Crippen MR) is 77.2 cm³/mol. The first kappa shape index (κ1) is 13.4. The standard InChI is InChI=1S/C14H14ClN3O/c1-9-6-7-17-14(15)13(9)18-12(19)8-10-4-2-3-5-11(10)16/h2-7H,8,16H2,1H3,(H,18,19). The lowest BCUT2D eigenvalue weighted by molar-refractivity contribution is -0.115. The van der Waals surface area contributed by atoms with E-state index >= 15 is 0 Å². The number of nitrogen functional groups attached to an aromatic ring is 1. The number of nitrogens with two attached hydrogens (primary N) is 1. The van der Waals surface area contributed by atoms with E-state index in [1.807, 2.05) is 25.1 Å². The van der Waals surface area contributed by atoms with Crippen LogP contribution in [0.4, 0.5) is 11.4 Å². The van der Waals surface area contributed by atoms with Crippen LogP contribution in [0.5, 0.6) is 0 Å². The molecule has 1 aromatic carbocycles. The lowest BCUT2D eigenvalue weighted by atomic mass is 10.1. The van der Waals surface area contributed by atoms with Gasteiger partial charge in [0.2, 0.25) is 5.91 Å². The number of halogens is 1. The zero-order valence-corrected chi connectivity index (χ0v) is 11.2. The van der Waals surface area contributed by atoms with Crippen LogP contribution in [0.2, 0.25) is 5.15 Å². The van der Waals surface area contributed by atoms with Gasteiger partial charge in [-0.25, -0.2) is 4.98 Å². The predicted octanol–water partition coefficient (Wildman–Crippen LogP) is 2.81. The van der Waals surface area contributed by atoms with Crippen LogP contribution in [-0.4, -0.2) is 10.9 Å². The molecule has 0 radical (unpaired) electrons. The second-order valence-corrected chi connectivity index (χ2v) is 4.58. The number of aryl methyl sites for hydroxylation is 1. The summed E-state index contributed by atoms with van der Waals surface area (Å²) in [7, 11) is 0. The van der Waals surface area contributed by atoms with Crippen molar-refractivity contribution in [3.63, 3.8) is 0 Å². The van der Waals surface area contributed by atoms with Crippen LogP contribution in [0.1, 0.15) is 11.1 Å². The number of pyridine rings is 1. The Kier molecular flexibility index (Phi) is 4.02. The molecule has 0 bridgehead atoms. The van der Waals surface area contributed by atoms with Gasteiger partial charge in [-0.05, 0) is 30.2 Å². The van der Waals surface area contributed by atoms with Crippen LogP contribution < -0.4 is 11.1 Å². The van der Waals surface area contributed by atoms with Crippen LogP contribution in [0.25, 0.3) is 0 Å². The monoisotopic (exact) mass is 275 g/mol. The van der Waals surface area contributed by atoms with Gasteiger partial charge in [0, 0.05) is 11.9 Å². The summed E-state index contributed by atoms with van der Waals surface area (Å²) in [6, 6.07) is 9.07. The average molecular weight is 276 g/mol. The molecule has 1 aromatic heterocycles. The van der Waals surface area contributed by atoms with Gasteiger partial charge in [0.25, 0.3) is 0 Å². The number of carbonyl (C=O) groups is 1. The van der Waals surface area contributed by atoms with E-state index in [9.17, 15) is 4.79 Å². The van der Waals surface area contributed by atoms with Crippen LogP contribution in [0.3, 0.4) is 0 Å². The third kappa shape index (κ3) is 3.23. The normalized spacial score (nSPS) is 10.2. The van der Waals surface area contributed by atoms with E-state index in [1.54, 1.807) is 18.3 Å². The highest BCUT2D eigenvalue weighted by Crippen LogP contribution is 2.23. The quantitative estimate of drug-likeness (QED) is 0.668. The smallest absolute Gasteiger partial charge is 0.228 e. The number of rotatable bonds is 3. The van der Waals surface area contributed by atoms with E-state index in [-0.39, 0.29) is 17.5 Å². The Morgan fingerprint density at radius 2 is 2.11 bits per heavy atom. The van der Waals surface area contributed by atoms with Crippen molar-refractivity contribution in [2.45, 2.75) is 13.3 Å². The van der Waals surface area contributed by atoms with Crippen LogP contribution in [-0.2, 0) is 11.2 Å². The molecule has 0 unspecified atom stereocenters. The number of nitrogens with zero attached hydrogens (tertiary/aromatic N) is 1. The Bertz CT molecular complexity index is 593. The lowest BCUT2D eigenvalue weighted by Gasteiger charge is -2.10. The topological polar surface area (TPSA) is 68.0 Å². The Balaban J connectivity index is 2.12. The van der Waals surface area contributed by atoms with Crippen molar-refractivity contribution in [3.05, 3.63) is 52.8 Å². The summed E-state index contributed by atoms with van der Waals surface area (Å²) in [6.45, 7) is 1.86. The second-order valence-electron chi connectivity index (χ2n) is 4.22. The molecule has 0 saturated carbocycles. The fourth-order valence-corrected chi connectivity index (χ4v) is 1.98. The van der Waals surface area contributed by atoms with E-state index in [0.717, 1.165) is 11.1 Å². The lowest BCUT2D eigenvalue weighted by Crippen LogP contribution is -2.16. The summed E-state index contributed by atoms with van der Waals surface area (Å²) in [6.07, 6.45) is 1.81. The highest BCUT2D eigenvalue weighted by molar-refractivity contribution is 6.32. The number of carbonyl (C=O) groups excluding carboxylic acids is 1. The Morgan fingerprint density at radius 1 is 1.37 bits per heavy atom. The van der Waals surface area contributed by atoms with Crippen molar-refractivity contribution in [1.29, 1.82) is 0 Å². The maximum Gasteiger partial charge on any atom is 0.228 e. The second kappa shape index (κ2) is 5.71. The molecule has 2 rings (SSSR count). The van der Waals surface area contributed by atoms with E-state index in [4.69, 9.17) is 17.3 Å². The van der Waals surface area contributed by atoms with Crippen LogP contribution in [0.15, 0.2) is 36.5 Å². The number of amides is 1. The summed E-state index contributed by atoms with van der Waals surface area (Å²) >= 11 is 5.96. The van der Waals surface area contributed by atoms with Crippen molar-refractivity contribution < 1.29 is 4.79 Å². The molecule has 5 heteroatoms. The maximum atomic E-state index is 12.0. The minimum atomic E-state index is -0.170. The van der Waals surface area contributed by atoms with Crippen molar-refractivity contribution in [3.8, 4) is 0 Å². The van der Waals surface area contributed by atoms with Gasteiger partial charge in [-0.2, -0.15) is 0 Å². The molecule has 4 nitrogen and oxygen atoms in total. The molecule has 19 heavy (non-hydrogen) atoms. The maximum absolute atomic E-state index is 12.0. The first-order valence-electron chi connectivity index (χ1n) is 5.82. The Hall–Kier alpha value is -2.07. The number of nitrogens with one attached hydrogen (secondary N) is 1. The van der Waals surface area contributed by atoms with Crippen molar-refractivity contribution in [2.24, 2.45) is 0 Å². The molecule has 0 fully saturated rings. The number of hydrogen-bond acceptors (Lipinski definition) is 3. The Labute approximate surface area is 116 Å². The van der Waals surface area contributed by atoms with Crippen LogP contribution in [0, 0.1) is 6.92 Å². The number of anilines is 2. The molecule has 2 aromatic rings.